The predicted octanol–water partition coefficient (Wildman–Crippen LogP) is 3.55. The van der Waals surface area contributed by atoms with Gasteiger partial charge in [-0.2, -0.15) is 0 Å². The molecule has 0 radical (unpaired) electrons. The summed E-state index contributed by atoms with van der Waals surface area (Å²) < 4.78 is 27.3. The minimum atomic E-state index is -0.886. The number of rotatable bonds is 4. The van der Waals surface area contributed by atoms with Crippen LogP contribution in [0.3, 0.4) is 0 Å². The summed E-state index contributed by atoms with van der Waals surface area (Å²) in [5.74, 6) is -1.10. The summed E-state index contributed by atoms with van der Waals surface area (Å²) >= 11 is 0. The van der Waals surface area contributed by atoms with Crippen LogP contribution in [0.25, 0.3) is 11.3 Å². The topological polar surface area (TPSA) is 37.8 Å². The van der Waals surface area contributed by atoms with E-state index in [2.05, 4.69) is 15.5 Å². The highest BCUT2D eigenvalue weighted by atomic mass is 19.2. The van der Waals surface area contributed by atoms with Crippen LogP contribution in [-0.2, 0) is 0 Å². The maximum absolute atomic E-state index is 13.8. The van der Waals surface area contributed by atoms with Crippen molar-refractivity contribution < 1.29 is 8.78 Å². The summed E-state index contributed by atoms with van der Waals surface area (Å²) in [4.78, 5) is 0. The van der Waals surface area contributed by atoms with Crippen LogP contribution in [-0.4, -0.2) is 16.7 Å². The van der Waals surface area contributed by atoms with Gasteiger partial charge in [0.2, 0.25) is 0 Å². The minimum absolute atomic E-state index is 0.123. The third-order valence-corrected chi connectivity index (χ3v) is 2.77. The average molecular weight is 263 g/mol. The molecule has 0 bridgehead atoms. The van der Waals surface area contributed by atoms with Crippen molar-refractivity contribution in [3.8, 4) is 11.3 Å². The number of benzene rings is 1. The number of hydrogen-bond donors (Lipinski definition) is 1. The Hall–Kier alpha value is -2.04. The Morgan fingerprint density at radius 1 is 1.05 bits per heavy atom. The van der Waals surface area contributed by atoms with Gasteiger partial charge in [-0.05, 0) is 37.1 Å². The van der Waals surface area contributed by atoms with Crippen LogP contribution in [0, 0.1) is 18.6 Å². The molecule has 1 aromatic carbocycles. The average Bonchev–Trinajstić information content (AvgIpc) is 2.44. The van der Waals surface area contributed by atoms with Crippen LogP contribution >= 0.6 is 0 Å². The molecular weight excluding hydrogens is 248 g/mol. The van der Waals surface area contributed by atoms with Gasteiger partial charge in [-0.1, -0.05) is 13.0 Å². The molecule has 0 aliphatic carbocycles. The van der Waals surface area contributed by atoms with E-state index >= 15 is 0 Å². The van der Waals surface area contributed by atoms with Crippen molar-refractivity contribution in [2.75, 3.05) is 11.9 Å². The number of nitrogens with zero attached hydrogens (tertiary/aromatic N) is 2. The van der Waals surface area contributed by atoms with Crippen molar-refractivity contribution >= 4 is 5.82 Å². The SMILES string of the molecule is CCCNc1ccc(-c2ccc(C)c(F)c2F)nn1. The Morgan fingerprint density at radius 2 is 1.84 bits per heavy atom. The largest absolute Gasteiger partial charge is 0.369 e. The second-order valence-electron chi connectivity index (χ2n) is 4.29. The molecule has 0 atom stereocenters. The van der Waals surface area contributed by atoms with E-state index in [1.54, 1.807) is 12.1 Å². The van der Waals surface area contributed by atoms with E-state index in [-0.39, 0.29) is 11.1 Å². The number of halogens is 2. The lowest BCUT2D eigenvalue weighted by Gasteiger charge is -2.06. The zero-order valence-electron chi connectivity index (χ0n) is 10.9. The Kier molecular flexibility index (Phi) is 4.04. The first-order valence-electron chi connectivity index (χ1n) is 6.16. The lowest BCUT2D eigenvalue weighted by Crippen LogP contribution is -2.03. The van der Waals surface area contributed by atoms with E-state index in [0.29, 0.717) is 11.5 Å². The van der Waals surface area contributed by atoms with Crippen molar-refractivity contribution in [1.29, 1.82) is 0 Å². The third-order valence-electron chi connectivity index (χ3n) is 2.77. The molecule has 0 unspecified atom stereocenters. The Labute approximate surface area is 110 Å². The summed E-state index contributed by atoms with van der Waals surface area (Å²) in [5, 5.41) is 10.9. The molecule has 0 amide bonds. The number of nitrogens with one attached hydrogen (secondary N) is 1. The number of hydrogen-bond acceptors (Lipinski definition) is 3. The fourth-order valence-corrected chi connectivity index (χ4v) is 1.67. The van der Waals surface area contributed by atoms with Crippen molar-refractivity contribution in [3.05, 3.63) is 41.5 Å². The Balaban J connectivity index is 2.30. The molecule has 0 aliphatic rings. The van der Waals surface area contributed by atoms with Crippen LogP contribution in [0.15, 0.2) is 24.3 Å². The Morgan fingerprint density at radius 3 is 2.47 bits per heavy atom. The fourth-order valence-electron chi connectivity index (χ4n) is 1.67. The number of aryl methyl sites for hydroxylation is 1. The molecule has 5 heteroatoms. The molecule has 0 spiro atoms. The lowest BCUT2D eigenvalue weighted by atomic mass is 10.1. The monoisotopic (exact) mass is 263 g/mol. The second-order valence-corrected chi connectivity index (χ2v) is 4.29. The van der Waals surface area contributed by atoms with Gasteiger partial charge in [0.15, 0.2) is 11.6 Å². The predicted molar refractivity (Wildman–Crippen MR) is 70.9 cm³/mol. The molecular formula is C14H15F2N3. The first-order valence-corrected chi connectivity index (χ1v) is 6.16. The quantitative estimate of drug-likeness (QED) is 0.916. The molecule has 19 heavy (non-hydrogen) atoms. The zero-order chi connectivity index (χ0) is 13.8. The molecule has 0 saturated carbocycles. The summed E-state index contributed by atoms with van der Waals surface area (Å²) in [5.41, 5.74) is 0.714. The molecule has 1 heterocycles. The maximum Gasteiger partial charge on any atom is 0.168 e. The summed E-state index contributed by atoms with van der Waals surface area (Å²) in [6, 6.07) is 6.36. The van der Waals surface area contributed by atoms with E-state index in [1.165, 1.54) is 19.1 Å². The first kappa shape index (κ1) is 13.4. The van der Waals surface area contributed by atoms with E-state index in [0.717, 1.165) is 13.0 Å². The highest BCUT2D eigenvalue weighted by molar-refractivity contribution is 5.61. The van der Waals surface area contributed by atoms with Gasteiger partial charge in [-0.25, -0.2) is 8.78 Å². The van der Waals surface area contributed by atoms with E-state index in [1.807, 2.05) is 6.92 Å². The van der Waals surface area contributed by atoms with Gasteiger partial charge in [0, 0.05) is 12.1 Å². The van der Waals surface area contributed by atoms with Crippen LogP contribution in [0.5, 0.6) is 0 Å². The van der Waals surface area contributed by atoms with E-state index in [9.17, 15) is 8.78 Å². The van der Waals surface area contributed by atoms with Crippen molar-refractivity contribution in [3.63, 3.8) is 0 Å². The van der Waals surface area contributed by atoms with Crippen molar-refractivity contribution in [2.45, 2.75) is 20.3 Å². The number of anilines is 1. The first-order chi connectivity index (χ1) is 9.13. The molecule has 2 rings (SSSR count). The molecule has 0 saturated heterocycles. The van der Waals surface area contributed by atoms with Gasteiger partial charge in [-0.3, -0.25) is 0 Å². The standard InChI is InChI=1S/C14H15F2N3/c1-3-8-17-12-7-6-11(18-19-12)10-5-4-9(2)13(15)14(10)16/h4-7H,3,8H2,1-2H3,(H,17,19). The smallest absolute Gasteiger partial charge is 0.168 e. The lowest BCUT2D eigenvalue weighted by molar-refractivity contribution is 0.505. The minimum Gasteiger partial charge on any atom is -0.369 e. The normalized spacial score (nSPS) is 10.5. The van der Waals surface area contributed by atoms with Crippen molar-refractivity contribution in [1.82, 2.24) is 10.2 Å². The van der Waals surface area contributed by atoms with Crippen molar-refractivity contribution in [2.24, 2.45) is 0 Å². The summed E-state index contributed by atoms with van der Waals surface area (Å²) in [6.45, 7) is 4.35. The molecule has 3 nitrogen and oxygen atoms in total. The van der Waals surface area contributed by atoms with Crippen LogP contribution < -0.4 is 5.32 Å². The molecule has 0 fully saturated rings. The van der Waals surface area contributed by atoms with E-state index < -0.39 is 11.6 Å². The molecule has 1 aromatic heterocycles. The summed E-state index contributed by atoms with van der Waals surface area (Å²) in [7, 11) is 0. The van der Waals surface area contributed by atoms with Crippen LogP contribution in [0.1, 0.15) is 18.9 Å². The van der Waals surface area contributed by atoms with E-state index in [4.69, 9.17) is 0 Å². The highest BCUT2D eigenvalue weighted by Gasteiger charge is 2.13. The zero-order valence-corrected chi connectivity index (χ0v) is 10.9. The number of aromatic nitrogens is 2. The molecule has 2 aromatic rings. The highest BCUT2D eigenvalue weighted by Crippen LogP contribution is 2.24. The van der Waals surface area contributed by atoms with Crippen LogP contribution in [0.2, 0.25) is 0 Å². The maximum atomic E-state index is 13.8. The molecule has 1 N–H and O–H groups in total. The van der Waals surface area contributed by atoms with Gasteiger partial charge >= 0.3 is 0 Å². The van der Waals surface area contributed by atoms with Crippen LogP contribution in [0.4, 0.5) is 14.6 Å². The third kappa shape index (κ3) is 2.86. The van der Waals surface area contributed by atoms with Gasteiger partial charge in [0.1, 0.15) is 5.82 Å². The Bertz CT molecular complexity index is 568. The van der Waals surface area contributed by atoms with Gasteiger partial charge < -0.3 is 5.32 Å². The van der Waals surface area contributed by atoms with Gasteiger partial charge in [0.05, 0.1) is 5.69 Å². The second kappa shape index (κ2) is 5.73. The molecule has 100 valence electrons. The van der Waals surface area contributed by atoms with Gasteiger partial charge in [0.25, 0.3) is 0 Å². The summed E-state index contributed by atoms with van der Waals surface area (Å²) in [6.07, 6.45) is 0.973. The molecule has 0 aliphatic heterocycles. The fraction of sp³-hybridized carbons (Fsp3) is 0.286. The van der Waals surface area contributed by atoms with Gasteiger partial charge in [-0.15, -0.1) is 10.2 Å².